The maximum Gasteiger partial charge on any atom is 0.254 e. The van der Waals surface area contributed by atoms with Gasteiger partial charge in [0.25, 0.3) is 5.91 Å². The number of rotatable bonds is 3. The lowest BCUT2D eigenvalue weighted by molar-refractivity contribution is 0.0706. The van der Waals surface area contributed by atoms with Gasteiger partial charge in [0.05, 0.1) is 6.54 Å². The lowest BCUT2D eigenvalue weighted by atomic mass is 10.0. The second-order valence-electron chi connectivity index (χ2n) is 6.21. The van der Waals surface area contributed by atoms with E-state index in [1.807, 2.05) is 47.4 Å². The number of nitrogens with zero attached hydrogens (tertiary/aromatic N) is 4. The highest BCUT2D eigenvalue weighted by Crippen LogP contribution is 2.21. The molecule has 0 bridgehead atoms. The zero-order chi connectivity index (χ0) is 17.2. The number of carbonyl (C=O) groups excluding carboxylic acids is 1. The fourth-order valence-corrected chi connectivity index (χ4v) is 3.27. The van der Waals surface area contributed by atoms with Crippen molar-refractivity contribution in [3.05, 3.63) is 71.8 Å². The number of aromatic nitrogens is 3. The molecule has 0 aliphatic carbocycles. The van der Waals surface area contributed by atoms with E-state index in [-0.39, 0.29) is 5.91 Å². The first-order chi connectivity index (χ1) is 12.3. The molecular weight excluding hydrogens is 312 g/mol. The van der Waals surface area contributed by atoms with Gasteiger partial charge in [-0.15, -0.1) is 10.2 Å². The van der Waals surface area contributed by atoms with E-state index in [1.54, 1.807) is 0 Å². The first-order valence-electron chi connectivity index (χ1n) is 8.62. The summed E-state index contributed by atoms with van der Waals surface area (Å²) in [5, 5.41) is 8.43. The maximum absolute atomic E-state index is 12.8. The zero-order valence-electron chi connectivity index (χ0n) is 14.2. The second kappa shape index (κ2) is 6.51. The number of fused-ring (bicyclic) bond motifs is 1. The predicted molar refractivity (Wildman–Crippen MR) is 96.0 cm³/mol. The molecule has 1 aliphatic rings. The third kappa shape index (κ3) is 2.93. The Bertz CT molecular complexity index is 884. The molecule has 25 heavy (non-hydrogen) atoms. The Morgan fingerprint density at radius 3 is 2.40 bits per heavy atom. The van der Waals surface area contributed by atoms with Gasteiger partial charge in [0.15, 0.2) is 5.82 Å². The molecule has 0 atom stereocenters. The minimum absolute atomic E-state index is 0.0481. The van der Waals surface area contributed by atoms with Gasteiger partial charge in [-0.05, 0) is 23.3 Å². The standard InChI is InChI=1S/C20H20N4O/c1-2-18-21-22-19-14-23(12-13-24(18)19)20(25)17-10-8-16(9-11-17)15-6-4-3-5-7-15/h3-11H,2,12-14H2,1H3. The average Bonchev–Trinajstić information content (AvgIpc) is 3.10. The van der Waals surface area contributed by atoms with Crippen LogP contribution in [0.4, 0.5) is 0 Å². The van der Waals surface area contributed by atoms with Gasteiger partial charge in [-0.1, -0.05) is 49.4 Å². The second-order valence-corrected chi connectivity index (χ2v) is 6.21. The monoisotopic (exact) mass is 332 g/mol. The summed E-state index contributed by atoms with van der Waals surface area (Å²) in [5.74, 6) is 1.92. The maximum atomic E-state index is 12.8. The summed E-state index contributed by atoms with van der Waals surface area (Å²) in [6, 6.07) is 18.0. The van der Waals surface area contributed by atoms with E-state index < -0.39 is 0 Å². The molecule has 0 N–H and O–H groups in total. The average molecular weight is 332 g/mol. The first-order valence-corrected chi connectivity index (χ1v) is 8.62. The minimum Gasteiger partial charge on any atom is -0.329 e. The Morgan fingerprint density at radius 2 is 1.68 bits per heavy atom. The molecule has 0 saturated carbocycles. The Hall–Kier alpha value is -2.95. The SMILES string of the molecule is CCc1nnc2n1CCN(C(=O)c1ccc(-c3ccccc3)cc1)C2. The van der Waals surface area contributed by atoms with Gasteiger partial charge in [-0.2, -0.15) is 0 Å². The summed E-state index contributed by atoms with van der Waals surface area (Å²) in [5.41, 5.74) is 2.98. The van der Waals surface area contributed by atoms with Crippen molar-refractivity contribution in [3.63, 3.8) is 0 Å². The van der Waals surface area contributed by atoms with Gasteiger partial charge in [0, 0.05) is 25.1 Å². The molecule has 0 spiro atoms. The molecule has 0 radical (unpaired) electrons. The number of hydrogen-bond acceptors (Lipinski definition) is 3. The van der Waals surface area contributed by atoms with Gasteiger partial charge in [-0.25, -0.2) is 0 Å². The van der Waals surface area contributed by atoms with Gasteiger partial charge in [-0.3, -0.25) is 4.79 Å². The van der Waals surface area contributed by atoms with Crippen molar-refractivity contribution in [2.75, 3.05) is 6.54 Å². The smallest absolute Gasteiger partial charge is 0.254 e. The Morgan fingerprint density at radius 1 is 0.960 bits per heavy atom. The summed E-state index contributed by atoms with van der Waals surface area (Å²) < 4.78 is 2.13. The minimum atomic E-state index is 0.0481. The largest absolute Gasteiger partial charge is 0.329 e. The molecule has 2 heterocycles. The van der Waals surface area contributed by atoms with E-state index in [0.29, 0.717) is 18.7 Å². The predicted octanol–water partition coefficient (Wildman–Crippen LogP) is 3.16. The highest BCUT2D eigenvalue weighted by Gasteiger charge is 2.24. The lowest BCUT2D eigenvalue weighted by Gasteiger charge is -2.28. The van der Waals surface area contributed by atoms with Crippen LogP contribution in [0.2, 0.25) is 0 Å². The van der Waals surface area contributed by atoms with Gasteiger partial charge in [0.1, 0.15) is 5.82 Å². The van der Waals surface area contributed by atoms with Crippen molar-refractivity contribution >= 4 is 5.91 Å². The van der Waals surface area contributed by atoms with E-state index in [0.717, 1.165) is 35.7 Å². The Labute approximate surface area is 146 Å². The summed E-state index contributed by atoms with van der Waals surface area (Å²) in [6.45, 7) is 4.05. The van der Waals surface area contributed by atoms with Gasteiger partial charge >= 0.3 is 0 Å². The van der Waals surface area contributed by atoms with E-state index in [2.05, 4.69) is 33.8 Å². The molecule has 5 nitrogen and oxygen atoms in total. The molecule has 0 saturated heterocycles. The van der Waals surface area contributed by atoms with Crippen LogP contribution in [0.15, 0.2) is 54.6 Å². The van der Waals surface area contributed by atoms with E-state index in [9.17, 15) is 4.79 Å². The van der Waals surface area contributed by atoms with Crippen LogP contribution in [0.25, 0.3) is 11.1 Å². The molecule has 4 rings (SSSR count). The van der Waals surface area contributed by atoms with Crippen LogP contribution in [0.5, 0.6) is 0 Å². The van der Waals surface area contributed by atoms with Crippen molar-refractivity contribution in [2.24, 2.45) is 0 Å². The molecule has 1 aromatic heterocycles. The molecule has 3 aromatic rings. The van der Waals surface area contributed by atoms with Crippen molar-refractivity contribution in [2.45, 2.75) is 26.4 Å². The van der Waals surface area contributed by atoms with E-state index in [4.69, 9.17) is 0 Å². The number of amides is 1. The summed E-state index contributed by atoms with van der Waals surface area (Å²) in [7, 11) is 0. The molecule has 2 aromatic carbocycles. The van der Waals surface area contributed by atoms with Crippen LogP contribution >= 0.6 is 0 Å². The number of aryl methyl sites for hydroxylation is 1. The van der Waals surface area contributed by atoms with Gasteiger partial charge in [0.2, 0.25) is 0 Å². The number of carbonyl (C=O) groups is 1. The number of hydrogen-bond donors (Lipinski definition) is 0. The van der Waals surface area contributed by atoms with Gasteiger partial charge < -0.3 is 9.47 Å². The third-order valence-corrected chi connectivity index (χ3v) is 4.67. The van der Waals surface area contributed by atoms with E-state index in [1.165, 1.54) is 0 Å². The van der Waals surface area contributed by atoms with Crippen molar-refractivity contribution < 1.29 is 4.79 Å². The zero-order valence-corrected chi connectivity index (χ0v) is 14.2. The van der Waals surface area contributed by atoms with Crippen LogP contribution < -0.4 is 0 Å². The molecule has 0 fully saturated rings. The molecular formula is C20H20N4O. The summed E-state index contributed by atoms with van der Waals surface area (Å²) >= 11 is 0. The van der Waals surface area contributed by atoms with Crippen LogP contribution in [-0.4, -0.2) is 32.1 Å². The first kappa shape index (κ1) is 15.6. The van der Waals surface area contributed by atoms with Crippen molar-refractivity contribution in [3.8, 4) is 11.1 Å². The van der Waals surface area contributed by atoms with Crippen molar-refractivity contribution in [1.82, 2.24) is 19.7 Å². The molecule has 0 unspecified atom stereocenters. The summed E-state index contributed by atoms with van der Waals surface area (Å²) in [6.07, 6.45) is 0.863. The molecule has 126 valence electrons. The Balaban J connectivity index is 1.52. The fraction of sp³-hybridized carbons (Fsp3) is 0.250. The highest BCUT2D eigenvalue weighted by molar-refractivity contribution is 5.94. The molecule has 5 heteroatoms. The Kier molecular flexibility index (Phi) is 4.06. The quantitative estimate of drug-likeness (QED) is 0.740. The lowest BCUT2D eigenvalue weighted by Crippen LogP contribution is -2.38. The van der Waals surface area contributed by atoms with Crippen LogP contribution in [-0.2, 0) is 19.5 Å². The summed E-state index contributed by atoms with van der Waals surface area (Å²) in [4.78, 5) is 14.7. The third-order valence-electron chi connectivity index (χ3n) is 4.67. The highest BCUT2D eigenvalue weighted by atomic mass is 16.2. The topological polar surface area (TPSA) is 51.0 Å². The van der Waals surface area contributed by atoms with Crippen LogP contribution in [0, 0.1) is 0 Å². The van der Waals surface area contributed by atoms with Crippen LogP contribution in [0.1, 0.15) is 28.9 Å². The normalized spacial score (nSPS) is 13.6. The van der Waals surface area contributed by atoms with Crippen LogP contribution in [0.3, 0.4) is 0 Å². The molecule has 1 amide bonds. The number of benzene rings is 2. The van der Waals surface area contributed by atoms with E-state index >= 15 is 0 Å². The molecule has 1 aliphatic heterocycles. The van der Waals surface area contributed by atoms with Crippen molar-refractivity contribution in [1.29, 1.82) is 0 Å². The fourth-order valence-electron chi connectivity index (χ4n) is 3.27.